The van der Waals surface area contributed by atoms with E-state index in [1.165, 1.54) is 17.7 Å². The fourth-order valence-electron chi connectivity index (χ4n) is 5.29. The highest BCUT2D eigenvalue weighted by Gasteiger charge is 2.30. The molecule has 1 aromatic heterocycles. The molecule has 5 rings (SSSR count). The molecule has 0 aliphatic rings. The van der Waals surface area contributed by atoms with Gasteiger partial charge >= 0.3 is 6.18 Å². The van der Waals surface area contributed by atoms with Crippen LogP contribution in [0.15, 0.2) is 97.1 Å². The van der Waals surface area contributed by atoms with Crippen molar-refractivity contribution in [2.75, 3.05) is 5.32 Å². The number of carbonyl (C=O) groups excluding carboxylic acids is 2. The van der Waals surface area contributed by atoms with E-state index in [1.54, 1.807) is 48.5 Å². The van der Waals surface area contributed by atoms with E-state index in [1.807, 2.05) is 35.9 Å². The van der Waals surface area contributed by atoms with E-state index in [2.05, 4.69) is 24.5 Å². The summed E-state index contributed by atoms with van der Waals surface area (Å²) in [5.74, 6) is -0.754. The van der Waals surface area contributed by atoms with Crippen molar-refractivity contribution >= 4 is 17.5 Å². The van der Waals surface area contributed by atoms with Crippen LogP contribution in [0.5, 0.6) is 0 Å². The van der Waals surface area contributed by atoms with Crippen molar-refractivity contribution in [3.05, 3.63) is 136 Å². The number of carbonyl (C=O) groups is 2. The van der Waals surface area contributed by atoms with E-state index in [9.17, 15) is 22.8 Å². The molecule has 0 saturated carbocycles. The van der Waals surface area contributed by atoms with Crippen LogP contribution in [0.3, 0.4) is 0 Å². The molecule has 5 aromatic rings. The molecule has 1 heterocycles. The van der Waals surface area contributed by atoms with E-state index in [4.69, 9.17) is 5.10 Å². The SMILES string of the molecule is CCCc1c(C)nn(-c2ccc(CNC(=O)c3cccc(NC(=O)c4ccccc4-c4ccc(C(F)(F)F)cc4)c3)cc2)c1C. The number of halogens is 3. The molecule has 0 aliphatic carbocycles. The highest BCUT2D eigenvalue weighted by molar-refractivity contribution is 6.09. The van der Waals surface area contributed by atoms with Gasteiger partial charge in [-0.15, -0.1) is 0 Å². The van der Waals surface area contributed by atoms with Crippen LogP contribution in [0.4, 0.5) is 18.9 Å². The van der Waals surface area contributed by atoms with Crippen molar-refractivity contribution < 1.29 is 22.8 Å². The summed E-state index contributed by atoms with van der Waals surface area (Å²) in [5, 5.41) is 10.4. The summed E-state index contributed by atoms with van der Waals surface area (Å²) in [6.45, 7) is 6.57. The van der Waals surface area contributed by atoms with Crippen LogP contribution in [0, 0.1) is 13.8 Å². The zero-order valence-electron chi connectivity index (χ0n) is 25.2. The van der Waals surface area contributed by atoms with Crippen molar-refractivity contribution in [2.45, 2.75) is 46.3 Å². The third kappa shape index (κ3) is 7.15. The molecular formula is C36H33F3N4O2. The summed E-state index contributed by atoms with van der Waals surface area (Å²) in [5.41, 5.74) is 6.59. The van der Waals surface area contributed by atoms with E-state index in [0.717, 1.165) is 47.6 Å². The number of aryl methyl sites for hydroxylation is 1. The molecule has 45 heavy (non-hydrogen) atoms. The smallest absolute Gasteiger partial charge is 0.348 e. The molecule has 0 saturated heterocycles. The Kier molecular flexibility index (Phi) is 9.18. The van der Waals surface area contributed by atoms with Gasteiger partial charge in [0.1, 0.15) is 0 Å². The summed E-state index contributed by atoms with van der Waals surface area (Å²) < 4.78 is 41.0. The van der Waals surface area contributed by atoms with Crippen LogP contribution in [-0.4, -0.2) is 21.6 Å². The van der Waals surface area contributed by atoms with Gasteiger partial charge in [0.05, 0.1) is 16.9 Å². The quantitative estimate of drug-likeness (QED) is 0.176. The molecule has 6 nitrogen and oxygen atoms in total. The van der Waals surface area contributed by atoms with E-state index >= 15 is 0 Å². The molecule has 2 amide bonds. The first-order valence-electron chi connectivity index (χ1n) is 14.7. The van der Waals surface area contributed by atoms with Gasteiger partial charge in [0.15, 0.2) is 0 Å². The topological polar surface area (TPSA) is 76.0 Å². The summed E-state index contributed by atoms with van der Waals surface area (Å²) in [6, 6.07) is 25.8. The summed E-state index contributed by atoms with van der Waals surface area (Å²) in [4.78, 5) is 26.2. The molecule has 230 valence electrons. The maximum absolute atomic E-state index is 13.2. The van der Waals surface area contributed by atoms with Gasteiger partial charge in [0.25, 0.3) is 11.8 Å². The van der Waals surface area contributed by atoms with Gasteiger partial charge in [-0.3, -0.25) is 9.59 Å². The molecule has 0 radical (unpaired) electrons. The van der Waals surface area contributed by atoms with E-state index < -0.39 is 17.6 Å². The lowest BCUT2D eigenvalue weighted by Gasteiger charge is -2.13. The van der Waals surface area contributed by atoms with E-state index in [-0.39, 0.29) is 11.5 Å². The Bertz CT molecular complexity index is 1830. The monoisotopic (exact) mass is 610 g/mol. The van der Waals surface area contributed by atoms with Crippen LogP contribution in [0.25, 0.3) is 16.8 Å². The second-order valence-corrected chi connectivity index (χ2v) is 10.8. The molecule has 2 N–H and O–H groups in total. The lowest BCUT2D eigenvalue weighted by atomic mass is 9.98. The van der Waals surface area contributed by atoms with E-state index in [0.29, 0.717) is 28.9 Å². The van der Waals surface area contributed by atoms with Crippen molar-refractivity contribution in [3.8, 4) is 16.8 Å². The molecule has 0 spiro atoms. The number of hydrogen-bond donors (Lipinski definition) is 2. The van der Waals surface area contributed by atoms with Crippen LogP contribution >= 0.6 is 0 Å². The third-order valence-electron chi connectivity index (χ3n) is 7.65. The second kappa shape index (κ2) is 13.2. The highest BCUT2D eigenvalue weighted by atomic mass is 19.4. The number of alkyl halides is 3. The zero-order valence-corrected chi connectivity index (χ0v) is 25.2. The van der Waals surface area contributed by atoms with Crippen LogP contribution in [-0.2, 0) is 19.1 Å². The number of rotatable bonds is 9. The maximum Gasteiger partial charge on any atom is 0.416 e. The second-order valence-electron chi connectivity index (χ2n) is 10.8. The minimum Gasteiger partial charge on any atom is -0.348 e. The predicted molar refractivity (Wildman–Crippen MR) is 169 cm³/mol. The summed E-state index contributed by atoms with van der Waals surface area (Å²) in [6.07, 6.45) is -2.40. The summed E-state index contributed by atoms with van der Waals surface area (Å²) in [7, 11) is 0. The molecule has 0 fully saturated rings. The predicted octanol–water partition coefficient (Wildman–Crippen LogP) is 8.31. The van der Waals surface area contributed by atoms with Crippen LogP contribution in [0.1, 0.15) is 62.1 Å². The van der Waals surface area contributed by atoms with Gasteiger partial charge < -0.3 is 10.6 Å². The Morgan fingerprint density at radius 2 is 1.56 bits per heavy atom. The van der Waals surface area contributed by atoms with Crippen molar-refractivity contribution in [1.29, 1.82) is 0 Å². The van der Waals surface area contributed by atoms with Gasteiger partial charge in [0.2, 0.25) is 0 Å². The van der Waals surface area contributed by atoms with Crippen molar-refractivity contribution in [2.24, 2.45) is 0 Å². The average Bonchev–Trinajstić information content (AvgIpc) is 3.32. The first-order valence-corrected chi connectivity index (χ1v) is 14.7. The number of hydrogen-bond acceptors (Lipinski definition) is 3. The standard InChI is InChI=1S/C36H33F3N4O2/c1-4-8-31-23(2)42-43(24(31)3)30-19-13-25(14-20-30)22-40-34(44)27-9-7-10-29(21-27)41-35(45)33-12-6-5-11-32(33)26-15-17-28(18-16-26)36(37,38)39/h5-7,9-21H,4,8,22H2,1-3H3,(H,40,44)(H,41,45). The third-order valence-corrected chi connectivity index (χ3v) is 7.65. The van der Waals surface area contributed by atoms with Crippen LogP contribution in [0.2, 0.25) is 0 Å². The number of anilines is 1. The first-order chi connectivity index (χ1) is 21.5. The number of amides is 2. The molecule has 4 aromatic carbocycles. The number of aromatic nitrogens is 2. The Labute approximate surface area is 259 Å². The Morgan fingerprint density at radius 1 is 0.844 bits per heavy atom. The summed E-state index contributed by atoms with van der Waals surface area (Å²) >= 11 is 0. The Balaban J connectivity index is 1.24. The lowest BCUT2D eigenvalue weighted by molar-refractivity contribution is -0.137. The van der Waals surface area contributed by atoms with Gasteiger partial charge in [-0.05, 0) is 91.1 Å². The lowest BCUT2D eigenvalue weighted by Crippen LogP contribution is -2.23. The molecule has 0 unspecified atom stereocenters. The normalized spacial score (nSPS) is 11.3. The molecule has 0 aliphatic heterocycles. The minimum absolute atomic E-state index is 0.289. The zero-order chi connectivity index (χ0) is 32.1. The van der Waals surface area contributed by atoms with Crippen molar-refractivity contribution in [1.82, 2.24) is 15.1 Å². The Morgan fingerprint density at radius 3 is 2.24 bits per heavy atom. The number of nitrogens with one attached hydrogen (secondary N) is 2. The maximum atomic E-state index is 13.2. The fourth-order valence-corrected chi connectivity index (χ4v) is 5.29. The van der Waals surface area contributed by atoms with Crippen molar-refractivity contribution in [3.63, 3.8) is 0 Å². The van der Waals surface area contributed by atoms with Gasteiger partial charge in [-0.1, -0.05) is 61.9 Å². The van der Waals surface area contributed by atoms with Gasteiger partial charge in [-0.25, -0.2) is 4.68 Å². The van der Waals surface area contributed by atoms with Gasteiger partial charge in [0, 0.05) is 29.1 Å². The number of benzene rings is 4. The molecule has 9 heteroatoms. The minimum atomic E-state index is -4.45. The first kappa shape index (κ1) is 31.3. The largest absolute Gasteiger partial charge is 0.416 e. The average molecular weight is 611 g/mol. The molecule has 0 atom stereocenters. The van der Waals surface area contributed by atoms with Crippen LogP contribution < -0.4 is 10.6 Å². The highest BCUT2D eigenvalue weighted by Crippen LogP contribution is 2.32. The van der Waals surface area contributed by atoms with Gasteiger partial charge in [-0.2, -0.15) is 18.3 Å². The Hall–Kier alpha value is -5.18. The molecule has 0 bridgehead atoms. The fraction of sp³-hybridized carbons (Fsp3) is 0.194. The number of nitrogens with zero attached hydrogens (tertiary/aromatic N) is 2. The molecular weight excluding hydrogens is 577 g/mol.